The molecule has 0 aliphatic heterocycles. The number of carbonyl (C=O) groups excluding carboxylic acids is 2. The van der Waals surface area contributed by atoms with Crippen LogP contribution in [0.4, 0.5) is 13.2 Å². The molecule has 3 rings (SSSR count). The van der Waals surface area contributed by atoms with Crippen LogP contribution >= 0.6 is 11.6 Å². The van der Waals surface area contributed by atoms with E-state index in [2.05, 4.69) is 10.4 Å². The van der Waals surface area contributed by atoms with Crippen molar-refractivity contribution >= 4 is 23.3 Å². The highest BCUT2D eigenvalue weighted by Gasteiger charge is 2.36. The van der Waals surface area contributed by atoms with E-state index >= 15 is 0 Å². The number of halogens is 4. The van der Waals surface area contributed by atoms with Gasteiger partial charge in [-0.3, -0.25) is 9.59 Å². The molecule has 0 spiro atoms. The lowest BCUT2D eigenvalue weighted by Gasteiger charge is -2.10. The second-order valence-corrected chi connectivity index (χ2v) is 6.67. The summed E-state index contributed by atoms with van der Waals surface area (Å²) in [7, 11) is 0. The molecule has 0 unspecified atom stereocenters. The van der Waals surface area contributed by atoms with Gasteiger partial charge in [0, 0.05) is 11.6 Å². The second kappa shape index (κ2) is 9.09. The summed E-state index contributed by atoms with van der Waals surface area (Å²) < 4.78 is 45.4. The third kappa shape index (κ3) is 5.54. The molecule has 2 N–H and O–H groups in total. The van der Waals surface area contributed by atoms with Gasteiger partial charge in [-0.2, -0.15) is 23.0 Å². The van der Waals surface area contributed by atoms with Crippen molar-refractivity contribution in [1.82, 2.24) is 15.1 Å². The lowest BCUT2D eigenvalue weighted by atomic mass is 10.1. The van der Waals surface area contributed by atoms with E-state index in [4.69, 9.17) is 16.3 Å². The Labute approximate surface area is 179 Å². The number of amides is 1. The van der Waals surface area contributed by atoms with Gasteiger partial charge in [-0.15, -0.1) is 0 Å². The van der Waals surface area contributed by atoms with Gasteiger partial charge in [0.1, 0.15) is 5.75 Å². The summed E-state index contributed by atoms with van der Waals surface area (Å²) in [6.45, 7) is -1.01. The number of ether oxygens (including phenoxy) is 1. The molecule has 0 atom stereocenters. The van der Waals surface area contributed by atoms with Crippen LogP contribution in [-0.2, 0) is 11.0 Å². The number of hydrogen-bond acceptors (Lipinski definition) is 5. The zero-order valence-electron chi connectivity index (χ0n) is 15.7. The summed E-state index contributed by atoms with van der Waals surface area (Å²) in [5.74, 6) is -1.51. The Hall–Kier alpha value is -3.53. The molecule has 7 nitrogen and oxygen atoms in total. The van der Waals surface area contributed by atoms with E-state index < -0.39 is 30.2 Å². The first-order chi connectivity index (χ1) is 14.6. The van der Waals surface area contributed by atoms with Crippen LogP contribution in [-0.4, -0.2) is 39.7 Å². The summed E-state index contributed by atoms with van der Waals surface area (Å²) >= 11 is 6.04. The van der Waals surface area contributed by atoms with E-state index in [0.717, 1.165) is 4.68 Å². The van der Waals surface area contributed by atoms with E-state index in [1.54, 1.807) is 12.1 Å². The van der Waals surface area contributed by atoms with Crippen molar-refractivity contribution in [2.45, 2.75) is 6.18 Å². The minimum absolute atomic E-state index is 0.0117. The van der Waals surface area contributed by atoms with Crippen LogP contribution in [0.5, 0.6) is 11.6 Å². The number of phenols is 1. The predicted octanol–water partition coefficient (Wildman–Crippen LogP) is 3.63. The van der Waals surface area contributed by atoms with Crippen LogP contribution in [0.1, 0.15) is 16.1 Å². The Balaban J connectivity index is 1.68. The standard InChI is InChI=1S/C20H15ClF3N3O4/c21-14-3-1-2-4-15(14)27-19(9-17(26-27)20(22,23)24)31-11-18(30)25-10-16(29)12-5-7-13(28)8-6-12/h1-9,28H,10-11H2,(H,25,30). The van der Waals surface area contributed by atoms with Gasteiger partial charge in [0.05, 0.1) is 17.3 Å². The first-order valence-electron chi connectivity index (χ1n) is 8.79. The molecule has 0 aliphatic carbocycles. The van der Waals surface area contributed by atoms with E-state index in [9.17, 15) is 27.9 Å². The van der Waals surface area contributed by atoms with Crippen LogP contribution in [0, 0.1) is 0 Å². The molecule has 162 valence electrons. The molecule has 0 saturated heterocycles. The topological polar surface area (TPSA) is 93.5 Å². The molecule has 31 heavy (non-hydrogen) atoms. The summed E-state index contributed by atoms with van der Waals surface area (Å²) in [5.41, 5.74) is -0.812. The Kier molecular flexibility index (Phi) is 6.50. The monoisotopic (exact) mass is 453 g/mol. The number of benzene rings is 2. The summed E-state index contributed by atoms with van der Waals surface area (Å²) in [6.07, 6.45) is -4.73. The highest BCUT2D eigenvalue weighted by atomic mass is 35.5. The van der Waals surface area contributed by atoms with Crippen LogP contribution in [0.2, 0.25) is 5.02 Å². The average molecular weight is 454 g/mol. The van der Waals surface area contributed by atoms with E-state index in [1.165, 1.54) is 36.4 Å². The Morgan fingerprint density at radius 2 is 1.81 bits per heavy atom. The minimum Gasteiger partial charge on any atom is -0.508 e. The van der Waals surface area contributed by atoms with Crippen molar-refractivity contribution in [3.63, 3.8) is 0 Å². The van der Waals surface area contributed by atoms with Crippen LogP contribution in [0.25, 0.3) is 5.69 Å². The van der Waals surface area contributed by atoms with Gasteiger partial charge < -0.3 is 15.2 Å². The number of rotatable bonds is 7. The summed E-state index contributed by atoms with van der Waals surface area (Å²) in [6, 6.07) is 12.1. The highest BCUT2D eigenvalue weighted by Crippen LogP contribution is 2.33. The van der Waals surface area contributed by atoms with Gasteiger partial charge in [-0.1, -0.05) is 23.7 Å². The van der Waals surface area contributed by atoms with Crippen LogP contribution < -0.4 is 10.1 Å². The van der Waals surface area contributed by atoms with Crippen molar-refractivity contribution in [2.24, 2.45) is 0 Å². The molecular formula is C20H15ClF3N3O4. The van der Waals surface area contributed by atoms with Gasteiger partial charge in [-0.05, 0) is 36.4 Å². The number of aromatic nitrogens is 2. The van der Waals surface area contributed by atoms with Gasteiger partial charge in [-0.25, -0.2) is 0 Å². The zero-order chi connectivity index (χ0) is 22.6. The number of nitrogens with zero attached hydrogens (tertiary/aromatic N) is 2. The molecule has 0 bridgehead atoms. The second-order valence-electron chi connectivity index (χ2n) is 6.26. The number of hydrogen-bond donors (Lipinski definition) is 2. The molecule has 1 heterocycles. The van der Waals surface area contributed by atoms with E-state index in [-0.39, 0.29) is 34.4 Å². The van der Waals surface area contributed by atoms with Gasteiger partial charge in [0.15, 0.2) is 18.1 Å². The number of para-hydroxylation sites is 1. The molecule has 3 aromatic rings. The maximum Gasteiger partial charge on any atom is 0.435 e. The van der Waals surface area contributed by atoms with Crippen molar-refractivity contribution in [1.29, 1.82) is 0 Å². The normalized spacial score (nSPS) is 11.2. The quantitative estimate of drug-likeness (QED) is 0.533. The van der Waals surface area contributed by atoms with E-state index in [1.807, 2.05) is 0 Å². The molecular weight excluding hydrogens is 439 g/mol. The molecule has 0 radical (unpaired) electrons. The zero-order valence-corrected chi connectivity index (χ0v) is 16.4. The maximum absolute atomic E-state index is 13.1. The third-order valence-electron chi connectivity index (χ3n) is 4.03. The fourth-order valence-corrected chi connectivity index (χ4v) is 2.74. The first-order valence-corrected chi connectivity index (χ1v) is 9.17. The number of Topliss-reactive ketones (excluding diaryl/α,β-unsaturated/α-hetero) is 1. The summed E-state index contributed by atoms with van der Waals surface area (Å²) in [5, 5.41) is 15.2. The number of phenolic OH excluding ortho intramolecular Hbond substituents is 1. The first kappa shape index (κ1) is 22.2. The fourth-order valence-electron chi connectivity index (χ4n) is 2.52. The fraction of sp³-hybridized carbons (Fsp3) is 0.150. The summed E-state index contributed by atoms with van der Waals surface area (Å²) in [4.78, 5) is 24.1. The molecule has 0 aliphatic rings. The Morgan fingerprint density at radius 3 is 2.45 bits per heavy atom. The number of carbonyl (C=O) groups is 2. The smallest absolute Gasteiger partial charge is 0.435 e. The number of ketones is 1. The molecule has 0 saturated carbocycles. The Morgan fingerprint density at radius 1 is 1.13 bits per heavy atom. The van der Waals surface area contributed by atoms with Gasteiger partial charge in [0.2, 0.25) is 5.88 Å². The van der Waals surface area contributed by atoms with Crippen LogP contribution in [0.3, 0.4) is 0 Å². The highest BCUT2D eigenvalue weighted by molar-refractivity contribution is 6.32. The maximum atomic E-state index is 13.1. The molecule has 1 aromatic heterocycles. The number of alkyl halides is 3. The molecule has 2 aromatic carbocycles. The van der Waals surface area contributed by atoms with Crippen molar-refractivity contribution < 1.29 is 32.6 Å². The minimum atomic E-state index is -4.73. The third-order valence-corrected chi connectivity index (χ3v) is 4.35. The SMILES string of the molecule is O=C(COc1cc(C(F)(F)F)nn1-c1ccccc1Cl)NCC(=O)c1ccc(O)cc1. The number of aromatic hydroxyl groups is 1. The van der Waals surface area contributed by atoms with Crippen molar-refractivity contribution in [2.75, 3.05) is 13.2 Å². The largest absolute Gasteiger partial charge is 0.508 e. The molecule has 0 fully saturated rings. The van der Waals surface area contributed by atoms with Crippen molar-refractivity contribution in [3.05, 3.63) is 70.9 Å². The Bertz CT molecular complexity index is 1100. The predicted molar refractivity (Wildman–Crippen MR) is 105 cm³/mol. The molecule has 11 heteroatoms. The lowest BCUT2D eigenvalue weighted by Crippen LogP contribution is -2.33. The van der Waals surface area contributed by atoms with Crippen molar-refractivity contribution in [3.8, 4) is 17.3 Å². The van der Waals surface area contributed by atoms with Crippen LogP contribution in [0.15, 0.2) is 54.6 Å². The molecule has 1 amide bonds. The lowest BCUT2D eigenvalue weighted by molar-refractivity contribution is -0.141. The average Bonchev–Trinajstić information content (AvgIpc) is 3.16. The van der Waals surface area contributed by atoms with Gasteiger partial charge >= 0.3 is 6.18 Å². The number of nitrogens with one attached hydrogen (secondary N) is 1. The van der Waals surface area contributed by atoms with Gasteiger partial charge in [0.25, 0.3) is 5.91 Å². The van der Waals surface area contributed by atoms with E-state index in [0.29, 0.717) is 6.07 Å².